The van der Waals surface area contributed by atoms with Crippen LogP contribution in [0, 0.1) is 13.8 Å². The number of ether oxygens (including phenoxy) is 1. The summed E-state index contributed by atoms with van der Waals surface area (Å²) in [5, 5.41) is 10.7. The number of fused-ring (bicyclic) bond motifs is 1. The first-order valence-corrected chi connectivity index (χ1v) is 7.13. The molecule has 1 fully saturated rings. The molecule has 0 radical (unpaired) electrons. The first-order valence-electron chi connectivity index (χ1n) is 7.13. The van der Waals surface area contributed by atoms with E-state index in [9.17, 15) is 9.90 Å². The van der Waals surface area contributed by atoms with Gasteiger partial charge < -0.3 is 14.3 Å². The monoisotopic (exact) mass is 289 g/mol. The summed E-state index contributed by atoms with van der Waals surface area (Å²) in [4.78, 5) is 14.5. The highest BCUT2D eigenvalue weighted by molar-refractivity contribution is 5.82. The van der Waals surface area contributed by atoms with Crippen LogP contribution < -0.4 is 5.43 Å². The fourth-order valence-corrected chi connectivity index (χ4v) is 2.64. The van der Waals surface area contributed by atoms with Crippen molar-refractivity contribution in [3.8, 4) is 5.75 Å². The summed E-state index contributed by atoms with van der Waals surface area (Å²) in [5.41, 5.74) is 1.76. The van der Waals surface area contributed by atoms with Gasteiger partial charge in [-0.25, -0.2) is 0 Å². The molecule has 3 rings (SSSR count). The van der Waals surface area contributed by atoms with Crippen molar-refractivity contribution in [1.29, 1.82) is 0 Å². The van der Waals surface area contributed by atoms with E-state index in [1.165, 1.54) is 0 Å². The van der Waals surface area contributed by atoms with Crippen molar-refractivity contribution >= 4 is 11.0 Å². The molecular formula is C16H19NO4. The van der Waals surface area contributed by atoms with Gasteiger partial charge >= 0.3 is 0 Å². The number of hydrogen-bond donors (Lipinski definition) is 1. The van der Waals surface area contributed by atoms with Crippen LogP contribution in [0.15, 0.2) is 21.3 Å². The minimum absolute atomic E-state index is 0.0306. The molecule has 1 aromatic carbocycles. The van der Waals surface area contributed by atoms with Gasteiger partial charge in [0.1, 0.15) is 17.1 Å². The average molecular weight is 289 g/mol. The SMILES string of the molecule is Cc1oc2c(CN3CCOCC3)c(O)ccc2c(=O)c1C. The summed E-state index contributed by atoms with van der Waals surface area (Å²) < 4.78 is 11.1. The molecule has 5 nitrogen and oxygen atoms in total. The fraction of sp³-hybridized carbons (Fsp3) is 0.438. The van der Waals surface area contributed by atoms with Gasteiger partial charge in [-0.1, -0.05) is 0 Å². The Morgan fingerprint density at radius 3 is 2.67 bits per heavy atom. The van der Waals surface area contributed by atoms with E-state index in [1.807, 2.05) is 0 Å². The molecule has 0 saturated carbocycles. The summed E-state index contributed by atoms with van der Waals surface area (Å²) in [5.74, 6) is 0.765. The maximum Gasteiger partial charge on any atom is 0.195 e. The molecule has 0 unspecified atom stereocenters. The topological polar surface area (TPSA) is 62.9 Å². The molecule has 2 aromatic rings. The van der Waals surface area contributed by atoms with E-state index in [-0.39, 0.29) is 11.2 Å². The Balaban J connectivity index is 2.12. The van der Waals surface area contributed by atoms with Crippen LogP contribution in [-0.2, 0) is 11.3 Å². The van der Waals surface area contributed by atoms with Gasteiger partial charge in [0.05, 0.1) is 24.2 Å². The second-order valence-electron chi connectivity index (χ2n) is 5.44. The first-order chi connectivity index (χ1) is 10.1. The second-order valence-corrected chi connectivity index (χ2v) is 5.44. The first kappa shape index (κ1) is 14.1. The number of aromatic hydroxyl groups is 1. The van der Waals surface area contributed by atoms with Gasteiger partial charge in [-0.3, -0.25) is 9.69 Å². The Labute approximate surface area is 122 Å². The normalized spacial score (nSPS) is 16.5. The van der Waals surface area contributed by atoms with Crippen LogP contribution in [-0.4, -0.2) is 36.3 Å². The summed E-state index contributed by atoms with van der Waals surface area (Å²) in [6.45, 7) is 7.09. The van der Waals surface area contributed by atoms with Gasteiger partial charge in [0.25, 0.3) is 0 Å². The molecule has 0 bridgehead atoms. The molecule has 0 aliphatic carbocycles. The van der Waals surface area contributed by atoms with Crippen LogP contribution in [0.2, 0.25) is 0 Å². The van der Waals surface area contributed by atoms with Crippen LogP contribution >= 0.6 is 0 Å². The van der Waals surface area contributed by atoms with Crippen molar-refractivity contribution in [2.24, 2.45) is 0 Å². The molecule has 1 saturated heterocycles. The van der Waals surface area contributed by atoms with Crippen molar-refractivity contribution in [3.63, 3.8) is 0 Å². The van der Waals surface area contributed by atoms with E-state index in [1.54, 1.807) is 26.0 Å². The Hall–Kier alpha value is -1.85. The van der Waals surface area contributed by atoms with Crippen LogP contribution in [0.4, 0.5) is 0 Å². The molecule has 2 heterocycles. The molecule has 0 atom stereocenters. The fourth-order valence-electron chi connectivity index (χ4n) is 2.64. The Morgan fingerprint density at radius 2 is 1.95 bits per heavy atom. The number of nitrogens with zero attached hydrogens (tertiary/aromatic N) is 1. The summed E-state index contributed by atoms with van der Waals surface area (Å²) in [6.07, 6.45) is 0. The van der Waals surface area contributed by atoms with Crippen molar-refractivity contribution in [1.82, 2.24) is 4.90 Å². The number of morpholine rings is 1. The number of hydrogen-bond acceptors (Lipinski definition) is 5. The van der Waals surface area contributed by atoms with E-state index in [0.717, 1.165) is 13.1 Å². The summed E-state index contributed by atoms with van der Waals surface area (Å²) >= 11 is 0. The predicted molar refractivity (Wildman–Crippen MR) is 79.7 cm³/mol. The number of aryl methyl sites for hydroxylation is 1. The lowest BCUT2D eigenvalue weighted by Gasteiger charge is -2.27. The zero-order valence-electron chi connectivity index (χ0n) is 12.3. The summed E-state index contributed by atoms with van der Waals surface area (Å²) in [6, 6.07) is 3.20. The van der Waals surface area contributed by atoms with Gasteiger partial charge in [0, 0.05) is 25.2 Å². The molecule has 0 amide bonds. The van der Waals surface area contributed by atoms with Crippen LogP contribution in [0.5, 0.6) is 5.75 Å². The lowest BCUT2D eigenvalue weighted by atomic mass is 10.1. The van der Waals surface area contributed by atoms with Crippen molar-refractivity contribution in [2.45, 2.75) is 20.4 Å². The number of rotatable bonds is 2. The average Bonchev–Trinajstić information content (AvgIpc) is 2.49. The maximum absolute atomic E-state index is 12.3. The Bertz CT molecular complexity index is 729. The van der Waals surface area contributed by atoms with Crippen LogP contribution in [0.3, 0.4) is 0 Å². The largest absolute Gasteiger partial charge is 0.507 e. The zero-order chi connectivity index (χ0) is 15.0. The molecular weight excluding hydrogens is 270 g/mol. The smallest absolute Gasteiger partial charge is 0.195 e. The molecule has 1 aromatic heterocycles. The quantitative estimate of drug-likeness (QED) is 0.915. The van der Waals surface area contributed by atoms with E-state index < -0.39 is 0 Å². The Morgan fingerprint density at radius 1 is 1.24 bits per heavy atom. The van der Waals surface area contributed by atoms with Gasteiger partial charge in [-0.2, -0.15) is 0 Å². The van der Waals surface area contributed by atoms with E-state index in [4.69, 9.17) is 9.15 Å². The highest BCUT2D eigenvalue weighted by Gasteiger charge is 2.18. The maximum atomic E-state index is 12.3. The molecule has 1 aliphatic rings. The zero-order valence-corrected chi connectivity index (χ0v) is 12.3. The molecule has 5 heteroatoms. The third-order valence-corrected chi connectivity index (χ3v) is 4.09. The standard InChI is InChI=1S/C16H19NO4/c1-10-11(2)21-16-12(15(10)19)3-4-14(18)13(16)9-17-5-7-20-8-6-17/h3-4,18H,5-9H2,1-2H3. The molecule has 1 N–H and O–H groups in total. The van der Waals surface area contributed by atoms with Crippen molar-refractivity contribution in [3.05, 3.63) is 39.2 Å². The highest BCUT2D eigenvalue weighted by atomic mass is 16.5. The summed E-state index contributed by atoms with van der Waals surface area (Å²) in [7, 11) is 0. The van der Waals surface area contributed by atoms with Gasteiger partial charge in [0.2, 0.25) is 0 Å². The molecule has 0 spiro atoms. The molecule has 112 valence electrons. The minimum atomic E-state index is -0.0306. The number of phenolic OH excluding ortho intramolecular Hbond substituents is 1. The lowest BCUT2D eigenvalue weighted by molar-refractivity contribution is 0.0339. The van der Waals surface area contributed by atoms with Gasteiger partial charge in [0.15, 0.2) is 5.43 Å². The van der Waals surface area contributed by atoms with E-state index in [0.29, 0.717) is 47.6 Å². The van der Waals surface area contributed by atoms with Crippen molar-refractivity contribution in [2.75, 3.05) is 26.3 Å². The van der Waals surface area contributed by atoms with Crippen LogP contribution in [0.25, 0.3) is 11.0 Å². The van der Waals surface area contributed by atoms with E-state index in [2.05, 4.69) is 4.90 Å². The van der Waals surface area contributed by atoms with Gasteiger partial charge in [-0.15, -0.1) is 0 Å². The third kappa shape index (κ3) is 2.54. The molecule has 1 aliphatic heterocycles. The second kappa shape index (κ2) is 5.50. The highest BCUT2D eigenvalue weighted by Crippen LogP contribution is 2.28. The van der Waals surface area contributed by atoms with Crippen LogP contribution in [0.1, 0.15) is 16.9 Å². The Kier molecular flexibility index (Phi) is 3.69. The van der Waals surface area contributed by atoms with Crippen molar-refractivity contribution < 1.29 is 14.3 Å². The van der Waals surface area contributed by atoms with Gasteiger partial charge in [-0.05, 0) is 26.0 Å². The number of benzene rings is 1. The molecule has 21 heavy (non-hydrogen) atoms. The minimum Gasteiger partial charge on any atom is -0.507 e. The lowest BCUT2D eigenvalue weighted by Crippen LogP contribution is -2.35. The third-order valence-electron chi connectivity index (χ3n) is 4.09. The predicted octanol–water partition coefficient (Wildman–Crippen LogP) is 1.95. The number of phenols is 1. The van der Waals surface area contributed by atoms with E-state index >= 15 is 0 Å².